The van der Waals surface area contributed by atoms with Gasteiger partial charge in [-0.3, -0.25) is 0 Å². The maximum Gasteiger partial charge on any atom is 0.166 e. The molecule has 30 heavy (non-hydrogen) atoms. The fraction of sp³-hybridized carbons (Fsp3) is 0.760. The molecule has 3 N–H and O–H groups in total. The van der Waals surface area contributed by atoms with Crippen molar-refractivity contribution in [1.29, 1.82) is 0 Å². The number of hydrogen-bond acceptors (Lipinski definition) is 5. The van der Waals surface area contributed by atoms with Crippen LogP contribution in [-0.2, 0) is 29.4 Å². The van der Waals surface area contributed by atoms with E-state index in [1.807, 2.05) is 20.8 Å². The second kappa shape index (κ2) is 5.73. The van der Waals surface area contributed by atoms with Crippen molar-refractivity contribution < 1.29 is 22.4 Å². The van der Waals surface area contributed by atoms with Crippen molar-refractivity contribution in [2.45, 2.75) is 89.0 Å². The number of hydrogen-bond donors (Lipinski definition) is 3. The zero-order valence-electron chi connectivity index (χ0n) is 20.7. The summed E-state index contributed by atoms with van der Waals surface area (Å²) in [6, 6.07) is -0.0882. The van der Waals surface area contributed by atoms with E-state index in [4.69, 9.17) is 9.47 Å². The molecule has 0 radical (unpaired) electrons. The lowest BCUT2D eigenvalue weighted by Crippen LogP contribution is -2.71. The van der Waals surface area contributed by atoms with Gasteiger partial charge in [0.15, 0.2) is 11.5 Å². The second-order valence-electron chi connectivity index (χ2n) is 11.2. The summed E-state index contributed by atoms with van der Waals surface area (Å²) in [4.78, 5) is 0. The molecule has 1 spiro atoms. The Kier molecular flexibility index (Phi) is 3.30. The summed E-state index contributed by atoms with van der Waals surface area (Å²) < 4.78 is 32.2. The highest BCUT2D eigenvalue weighted by Crippen LogP contribution is 2.67. The number of fused-ring (bicyclic) bond motifs is 2. The molecular weight excluding hydrogens is 378 g/mol. The van der Waals surface area contributed by atoms with Crippen LogP contribution in [0.1, 0.15) is 65.5 Å². The molecule has 2 aliphatic heterocycles. The number of ether oxygens (including phenoxy) is 2. The number of rotatable bonds is 2. The van der Waals surface area contributed by atoms with Crippen LogP contribution in [0.15, 0.2) is 0 Å². The number of methoxy groups -OCH3 is 1. The molecule has 1 saturated heterocycles. The first-order chi connectivity index (χ1) is 14.8. The van der Waals surface area contributed by atoms with Crippen LogP contribution in [0.2, 0.25) is 0 Å². The summed E-state index contributed by atoms with van der Waals surface area (Å²) in [5.74, 6) is -0.933. The number of nitrogens with one attached hydrogen (secondary N) is 1. The summed E-state index contributed by atoms with van der Waals surface area (Å²) in [6.07, 6.45) is 1.18. The predicted molar refractivity (Wildman–Crippen MR) is 114 cm³/mol. The Morgan fingerprint density at radius 1 is 1.20 bits per heavy atom. The Balaban J connectivity index is 1.65. The van der Waals surface area contributed by atoms with Crippen LogP contribution >= 0.6 is 0 Å². The minimum atomic E-state index is -1.56. The van der Waals surface area contributed by atoms with E-state index in [0.717, 1.165) is 36.9 Å². The van der Waals surface area contributed by atoms with Gasteiger partial charge in [-0.2, -0.15) is 0 Å². The summed E-state index contributed by atoms with van der Waals surface area (Å²) in [7, 11) is 1.52. The second-order valence-corrected chi connectivity index (χ2v) is 11.2. The van der Waals surface area contributed by atoms with Gasteiger partial charge in [-0.05, 0) is 68.0 Å². The van der Waals surface area contributed by atoms with Crippen molar-refractivity contribution in [2.24, 2.45) is 17.2 Å². The topological polar surface area (TPSA) is 71.0 Å². The zero-order chi connectivity index (χ0) is 23.1. The lowest BCUT2D eigenvalue weighted by Gasteiger charge is -2.61. The van der Waals surface area contributed by atoms with Crippen molar-refractivity contribution in [2.75, 3.05) is 13.7 Å². The summed E-state index contributed by atoms with van der Waals surface area (Å²) in [5, 5.41) is 26.6. The molecule has 164 valence electrons. The molecule has 1 saturated carbocycles. The third-order valence-electron chi connectivity index (χ3n) is 9.28. The fourth-order valence-electron chi connectivity index (χ4n) is 7.07. The van der Waals surface area contributed by atoms with Gasteiger partial charge in [-0.15, -0.1) is 0 Å². The van der Waals surface area contributed by atoms with E-state index in [0.29, 0.717) is 18.6 Å². The molecule has 7 atom stereocenters. The highest BCUT2D eigenvalue weighted by molar-refractivity contribution is 5.69. The lowest BCUT2D eigenvalue weighted by atomic mass is 9.47. The van der Waals surface area contributed by atoms with Crippen LogP contribution in [0.4, 0.5) is 0 Å². The monoisotopic (exact) mass is 415 g/mol. The van der Waals surface area contributed by atoms with E-state index in [1.54, 1.807) is 6.92 Å². The van der Waals surface area contributed by atoms with Crippen LogP contribution in [0, 0.1) is 17.2 Å². The van der Waals surface area contributed by atoms with Crippen molar-refractivity contribution in [1.82, 2.24) is 5.32 Å². The molecule has 5 nitrogen and oxygen atoms in total. The van der Waals surface area contributed by atoms with Gasteiger partial charge in [0, 0.05) is 37.0 Å². The summed E-state index contributed by atoms with van der Waals surface area (Å²) >= 11 is 0. The molecule has 6 rings (SSSR count). The molecule has 3 aliphatic carbocycles. The molecule has 2 fully saturated rings. The number of benzene rings is 1. The largest absolute Gasteiger partial charge is 0.504 e. The highest BCUT2D eigenvalue weighted by Gasteiger charge is 2.69. The van der Waals surface area contributed by atoms with Crippen LogP contribution in [-0.4, -0.2) is 47.7 Å². The van der Waals surface area contributed by atoms with Gasteiger partial charge in [-0.25, -0.2) is 0 Å². The van der Waals surface area contributed by atoms with Gasteiger partial charge in [0.2, 0.25) is 0 Å². The first-order valence-electron chi connectivity index (χ1n) is 12.4. The molecule has 5 aliphatic rings. The average Bonchev–Trinajstić information content (AvgIpc) is 3.01. The number of aliphatic hydroxyl groups is 1. The third kappa shape index (κ3) is 2.01. The highest BCUT2D eigenvalue weighted by atomic mass is 16.5. The zero-order valence-corrected chi connectivity index (χ0v) is 18.7. The van der Waals surface area contributed by atoms with Gasteiger partial charge in [0.25, 0.3) is 0 Å². The van der Waals surface area contributed by atoms with Gasteiger partial charge < -0.3 is 25.0 Å². The van der Waals surface area contributed by atoms with E-state index in [1.165, 1.54) is 18.2 Å². The maximum absolute atomic E-state index is 11.8. The van der Waals surface area contributed by atoms with E-state index < -0.39 is 40.4 Å². The van der Waals surface area contributed by atoms with Crippen molar-refractivity contribution >= 4 is 0 Å². The van der Waals surface area contributed by atoms with E-state index in [-0.39, 0.29) is 11.8 Å². The van der Waals surface area contributed by atoms with Crippen LogP contribution in [0.25, 0.3) is 0 Å². The Bertz CT molecular complexity index is 1040. The van der Waals surface area contributed by atoms with Crippen LogP contribution in [0.5, 0.6) is 11.5 Å². The predicted octanol–water partition coefficient (Wildman–Crippen LogP) is 2.86. The first kappa shape index (κ1) is 17.3. The molecule has 0 aromatic heterocycles. The van der Waals surface area contributed by atoms with Gasteiger partial charge in [0.05, 0.1) is 6.97 Å². The SMILES string of the molecule is [2H][C@@]1(OC)[C@H]([C@](C)(O)C(C)(C)C)C[C@]2([2H])[C@H]3Cc4c5c(c(O)c6c4[C@@]2(CCN3)[C@H]1O6)CC5. The van der Waals surface area contributed by atoms with E-state index in [2.05, 4.69) is 5.32 Å². The molecule has 0 amide bonds. The summed E-state index contributed by atoms with van der Waals surface area (Å²) in [5.41, 5.74) is 1.85. The molecule has 1 aromatic rings. The van der Waals surface area contributed by atoms with Gasteiger partial charge >= 0.3 is 0 Å². The van der Waals surface area contributed by atoms with E-state index >= 15 is 0 Å². The van der Waals surface area contributed by atoms with Crippen LogP contribution in [0.3, 0.4) is 0 Å². The molecule has 2 bridgehead atoms. The van der Waals surface area contributed by atoms with Gasteiger partial charge in [0.1, 0.15) is 12.2 Å². The molecule has 0 unspecified atom stereocenters. The molecule has 1 aromatic carbocycles. The summed E-state index contributed by atoms with van der Waals surface area (Å²) in [6.45, 7) is 8.43. The maximum atomic E-state index is 11.8. The third-order valence-corrected chi connectivity index (χ3v) is 9.28. The number of aromatic hydroxyl groups is 1. The van der Waals surface area contributed by atoms with Crippen molar-refractivity contribution in [3.8, 4) is 11.5 Å². The normalized spacial score (nSPS) is 45.9. The minimum Gasteiger partial charge on any atom is -0.504 e. The number of phenols is 1. The standard InChI is InChI=1S/C25H35NO4/c1-23(2,3)24(4,28)16-11-15-17-10-14-12-6-7-13(12)19(27)21-18(14)25(15,8-9-26-17)22(30-21)20(16)29-5/h15-17,20,22,26-28H,6-11H2,1-5H3/t15-,16-,17-,20-,22+,24+,25+/m1/s1/i15D,20D. The Morgan fingerprint density at radius 3 is 2.57 bits per heavy atom. The smallest absolute Gasteiger partial charge is 0.166 e. The number of phenolic OH excluding ortho intramolecular Hbond substituents is 1. The van der Waals surface area contributed by atoms with Crippen LogP contribution < -0.4 is 10.1 Å². The quantitative estimate of drug-likeness (QED) is 0.693. The van der Waals surface area contributed by atoms with E-state index in [9.17, 15) is 13.0 Å². The Labute approximate surface area is 182 Å². The average molecular weight is 416 g/mol. The van der Waals surface area contributed by atoms with Crippen molar-refractivity contribution in [3.05, 3.63) is 22.3 Å². The Hall–Kier alpha value is -1.30. The van der Waals surface area contributed by atoms with Gasteiger partial charge in [-0.1, -0.05) is 20.8 Å². The minimum absolute atomic E-state index is 0.0882. The number of piperidine rings is 1. The Morgan fingerprint density at radius 2 is 1.93 bits per heavy atom. The lowest BCUT2D eigenvalue weighted by molar-refractivity contribution is -0.198. The van der Waals surface area contributed by atoms with Crippen molar-refractivity contribution in [3.63, 3.8) is 0 Å². The molecule has 2 heterocycles. The molecular formula is C25H35NO4. The first-order valence-corrected chi connectivity index (χ1v) is 11.4. The fourth-order valence-corrected chi connectivity index (χ4v) is 7.07. The molecule has 5 heteroatoms.